The van der Waals surface area contributed by atoms with E-state index in [9.17, 15) is 84.8 Å². The Hall–Kier alpha value is -3.01. The number of hydrogen-bond acceptors (Lipinski definition) is 5. The second-order valence-electron chi connectivity index (χ2n) is 7.11. The lowest BCUT2D eigenvalue weighted by Gasteiger charge is -2.42. The summed E-state index contributed by atoms with van der Waals surface area (Å²) in [6.07, 6.45) is -15.2. The molecular formula is C16H8F17NO5. The van der Waals surface area contributed by atoms with Crippen molar-refractivity contribution in [1.29, 1.82) is 0 Å². The normalized spacial score (nSPS) is 14.8. The van der Waals surface area contributed by atoms with Crippen molar-refractivity contribution in [3.63, 3.8) is 0 Å². The molecule has 23 heteroatoms. The maximum atomic E-state index is 14.0. The highest BCUT2D eigenvalue weighted by atomic mass is 19.4. The van der Waals surface area contributed by atoms with Crippen LogP contribution in [-0.4, -0.2) is 65.0 Å². The Morgan fingerprint density at radius 2 is 1.08 bits per heavy atom. The van der Waals surface area contributed by atoms with Gasteiger partial charge in [0, 0.05) is 0 Å². The SMILES string of the molecule is COc1cc(CO)c([N+](=O)[O-])cc1OC(F)(F)C(F)(F)C(F)(F)C(F)(F)C(F)(F)C(F)(F)C(F)(F)C(F)(F)F. The summed E-state index contributed by atoms with van der Waals surface area (Å²) in [7, 11) is 0.456. The topological polar surface area (TPSA) is 81.8 Å². The Labute approximate surface area is 202 Å². The van der Waals surface area contributed by atoms with Crippen LogP contribution in [0.2, 0.25) is 0 Å². The highest BCUT2D eigenvalue weighted by Crippen LogP contribution is 2.64. The number of methoxy groups -OCH3 is 1. The van der Waals surface area contributed by atoms with E-state index in [0.717, 1.165) is 0 Å². The molecule has 0 aliphatic carbocycles. The van der Waals surface area contributed by atoms with Crippen LogP contribution in [0.3, 0.4) is 0 Å². The first-order valence-corrected chi connectivity index (χ1v) is 8.90. The van der Waals surface area contributed by atoms with Gasteiger partial charge in [-0.05, 0) is 6.07 Å². The molecule has 39 heavy (non-hydrogen) atoms. The second kappa shape index (κ2) is 9.57. The molecule has 1 rings (SSSR count). The molecule has 1 aromatic carbocycles. The highest BCUT2D eigenvalue weighted by molar-refractivity contribution is 5.54. The minimum Gasteiger partial charge on any atom is -0.493 e. The number of halogens is 17. The number of benzene rings is 1. The molecule has 0 aliphatic heterocycles. The smallest absolute Gasteiger partial charge is 0.471 e. The molecule has 0 spiro atoms. The van der Waals surface area contributed by atoms with Gasteiger partial charge in [-0.15, -0.1) is 0 Å². The van der Waals surface area contributed by atoms with Gasteiger partial charge < -0.3 is 14.6 Å². The first-order valence-electron chi connectivity index (χ1n) is 8.90. The van der Waals surface area contributed by atoms with Crippen LogP contribution < -0.4 is 9.47 Å². The first-order chi connectivity index (χ1) is 17.0. The number of ether oxygens (including phenoxy) is 2. The standard InChI is InChI=1S/C16H8F17NO5/c1-38-7-2-5(4-35)6(34(36)37)3-8(7)39-16(32,33)14(27,28)12(23,24)10(19,20)9(17,18)11(21,22)13(25,26)15(29,30)31/h2-3,35H,4H2,1H3. The zero-order valence-electron chi connectivity index (χ0n) is 17.8. The zero-order chi connectivity index (χ0) is 31.4. The predicted octanol–water partition coefficient (Wildman–Crippen LogP) is 6.44. The number of nitrogens with zero attached hydrogens (tertiary/aromatic N) is 1. The number of rotatable bonds is 11. The van der Waals surface area contributed by atoms with Gasteiger partial charge in [-0.3, -0.25) is 10.1 Å². The molecule has 0 atom stereocenters. The maximum Gasteiger partial charge on any atom is 0.471 e. The van der Waals surface area contributed by atoms with Gasteiger partial charge in [0.05, 0.1) is 30.3 Å². The van der Waals surface area contributed by atoms with Crippen molar-refractivity contribution in [2.24, 2.45) is 0 Å². The van der Waals surface area contributed by atoms with Crippen molar-refractivity contribution in [3.05, 3.63) is 27.8 Å². The van der Waals surface area contributed by atoms with Crippen LogP contribution >= 0.6 is 0 Å². The van der Waals surface area contributed by atoms with Crippen LogP contribution in [0, 0.1) is 10.1 Å². The summed E-state index contributed by atoms with van der Waals surface area (Å²) in [5, 5.41) is 19.9. The third-order valence-electron chi connectivity index (χ3n) is 4.66. The predicted molar refractivity (Wildman–Crippen MR) is 86.9 cm³/mol. The molecule has 0 unspecified atom stereocenters. The fourth-order valence-corrected chi connectivity index (χ4v) is 2.48. The van der Waals surface area contributed by atoms with Gasteiger partial charge in [0.25, 0.3) is 5.69 Å². The van der Waals surface area contributed by atoms with Gasteiger partial charge in [0.1, 0.15) is 0 Å². The minimum absolute atomic E-state index is 0.169. The lowest BCUT2D eigenvalue weighted by atomic mass is 9.90. The molecule has 0 aliphatic rings. The highest BCUT2D eigenvalue weighted by Gasteiger charge is 2.95. The second-order valence-corrected chi connectivity index (χ2v) is 7.11. The third kappa shape index (κ3) is 4.81. The van der Waals surface area contributed by atoms with Crippen molar-refractivity contribution < 1.29 is 94.1 Å². The van der Waals surface area contributed by atoms with E-state index in [1.54, 1.807) is 0 Å². The average Bonchev–Trinajstić information content (AvgIpc) is 2.76. The van der Waals surface area contributed by atoms with Crippen molar-refractivity contribution in [2.45, 2.75) is 54.4 Å². The van der Waals surface area contributed by atoms with E-state index in [1.807, 2.05) is 0 Å². The molecule has 0 saturated carbocycles. The summed E-state index contributed by atoms with van der Waals surface area (Å²) in [6.45, 7) is -1.31. The Kier molecular flexibility index (Phi) is 8.35. The molecule has 1 N–H and O–H groups in total. The molecule has 226 valence electrons. The molecule has 0 amide bonds. The van der Waals surface area contributed by atoms with Gasteiger partial charge in [0.2, 0.25) is 0 Å². The number of hydrogen-bond donors (Lipinski definition) is 1. The van der Waals surface area contributed by atoms with Gasteiger partial charge in [-0.25, -0.2) is 0 Å². The number of nitro groups is 1. The monoisotopic (exact) mass is 617 g/mol. The summed E-state index contributed by atoms with van der Waals surface area (Å²) in [6, 6.07) is -0.195. The molecule has 6 nitrogen and oxygen atoms in total. The maximum absolute atomic E-state index is 14.0. The fraction of sp³-hybridized carbons (Fsp3) is 0.625. The van der Waals surface area contributed by atoms with Crippen molar-refractivity contribution in [2.75, 3.05) is 7.11 Å². The Morgan fingerprint density at radius 1 is 0.692 bits per heavy atom. The summed E-state index contributed by atoms with van der Waals surface area (Å²) >= 11 is 0. The van der Waals surface area contributed by atoms with E-state index in [1.165, 1.54) is 0 Å². The number of aliphatic hydroxyl groups is 1. The molecule has 0 saturated heterocycles. The Balaban J connectivity index is 3.75. The molecule has 0 fully saturated rings. The molecular weight excluding hydrogens is 609 g/mol. The van der Waals surface area contributed by atoms with E-state index in [0.29, 0.717) is 7.11 Å². The van der Waals surface area contributed by atoms with Crippen molar-refractivity contribution in [3.8, 4) is 11.5 Å². The molecule has 1 aromatic rings. The van der Waals surface area contributed by atoms with E-state index in [-0.39, 0.29) is 12.1 Å². The van der Waals surface area contributed by atoms with Gasteiger partial charge in [-0.1, -0.05) is 0 Å². The van der Waals surface area contributed by atoms with Crippen LogP contribution in [0.25, 0.3) is 0 Å². The third-order valence-corrected chi connectivity index (χ3v) is 4.66. The van der Waals surface area contributed by atoms with E-state index in [4.69, 9.17) is 5.11 Å². The van der Waals surface area contributed by atoms with Crippen LogP contribution in [0.15, 0.2) is 12.1 Å². The largest absolute Gasteiger partial charge is 0.493 e. The molecule has 0 radical (unpaired) electrons. The Morgan fingerprint density at radius 3 is 1.41 bits per heavy atom. The fourth-order valence-electron chi connectivity index (χ4n) is 2.48. The van der Waals surface area contributed by atoms with Crippen LogP contribution in [0.4, 0.5) is 80.3 Å². The van der Waals surface area contributed by atoms with Crippen LogP contribution in [0.1, 0.15) is 5.56 Å². The molecule has 0 bridgehead atoms. The summed E-state index contributed by atoms with van der Waals surface area (Å²) in [5.74, 6) is -54.9. The van der Waals surface area contributed by atoms with Gasteiger partial charge in [-0.2, -0.15) is 74.6 Å². The number of nitro benzene ring substituents is 1. The Bertz CT molecular complexity index is 1090. The quantitative estimate of drug-likeness (QED) is 0.176. The van der Waals surface area contributed by atoms with Gasteiger partial charge >= 0.3 is 47.8 Å². The number of alkyl halides is 17. The molecule has 0 heterocycles. The molecule has 0 aromatic heterocycles. The van der Waals surface area contributed by atoms with E-state index >= 15 is 0 Å². The van der Waals surface area contributed by atoms with E-state index in [2.05, 4.69) is 9.47 Å². The van der Waals surface area contributed by atoms with Crippen molar-refractivity contribution >= 4 is 5.69 Å². The van der Waals surface area contributed by atoms with Crippen molar-refractivity contribution in [1.82, 2.24) is 0 Å². The summed E-state index contributed by atoms with van der Waals surface area (Å²) in [4.78, 5) is 9.35. The zero-order valence-corrected chi connectivity index (χ0v) is 17.8. The summed E-state index contributed by atoms with van der Waals surface area (Å²) in [5.41, 5.74) is -2.37. The van der Waals surface area contributed by atoms with Crippen LogP contribution in [-0.2, 0) is 6.61 Å². The van der Waals surface area contributed by atoms with Crippen LogP contribution in [0.5, 0.6) is 11.5 Å². The average molecular weight is 617 g/mol. The minimum atomic E-state index is -8.82. The lowest BCUT2D eigenvalue weighted by Crippen LogP contribution is -2.74. The van der Waals surface area contributed by atoms with Gasteiger partial charge in [0.15, 0.2) is 11.5 Å². The first kappa shape index (κ1) is 34.0. The summed E-state index contributed by atoms with van der Waals surface area (Å²) < 4.78 is 233. The lowest BCUT2D eigenvalue weighted by molar-refractivity contribution is -0.471. The van der Waals surface area contributed by atoms with E-state index < -0.39 is 82.1 Å². The number of aliphatic hydroxyl groups excluding tert-OH is 1.